The molecule has 1 saturated heterocycles. The van der Waals surface area contributed by atoms with Crippen molar-refractivity contribution in [2.75, 3.05) is 13.1 Å². The predicted molar refractivity (Wildman–Crippen MR) is 53.9 cm³/mol. The Kier molecular flexibility index (Phi) is 2.07. The lowest BCUT2D eigenvalue weighted by atomic mass is 10.1. The van der Waals surface area contributed by atoms with Gasteiger partial charge in [-0.2, -0.15) is 0 Å². The van der Waals surface area contributed by atoms with Crippen molar-refractivity contribution in [1.82, 2.24) is 10.2 Å². The van der Waals surface area contributed by atoms with Crippen LogP contribution in [0.25, 0.3) is 0 Å². The van der Waals surface area contributed by atoms with Crippen molar-refractivity contribution in [3.05, 3.63) is 24.2 Å². The van der Waals surface area contributed by atoms with Gasteiger partial charge in [-0.3, -0.25) is 4.90 Å². The molecule has 0 aromatic carbocycles. The van der Waals surface area contributed by atoms with Crippen LogP contribution in [0.3, 0.4) is 0 Å². The molecule has 14 heavy (non-hydrogen) atoms. The molecule has 0 unspecified atom stereocenters. The summed E-state index contributed by atoms with van der Waals surface area (Å²) in [7, 11) is 0. The second-order valence-electron chi connectivity index (χ2n) is 4.29. The van der Waals surface area contributed by atoms with Crippen LogP contribution >= 0.6 is 0 Å². The van der Waals surface area contributed by atoms with E-state index in [9.17, 15) is 0 Å². The van der Waals surface area contributed by atoms with Crippen molar-refractivity contribution in [1.29, 1.82) is 0 Å². The summed E-state index contributed by atoms with van der Waals surface area (Å²) in [6.07, 6.45) is 4.51. The van der Waals surface area contributed by atoms with Crippen LogP contribution in [-0.4, -0.2) is 30.1 Å². The largest absolute Gasteiger partial charge is 0.468 e. The molecular formula is C11H16N2O. The van der Waals surface area contributed by atoms with E-state index in [1.54, 1.807) is 6.26 Å². The van der Waals surface area contributed by atoms with E-state index in [2.05, 4.69) is 16.3 Å². The molecule has 76 valence electrons. The van der Waals surface area contributed by atoms with Gasteiger partial charge in [0.1, 0.15) is 5.76 Å². The summed E-state index contributed by atoms with van der Waals surface area (Å²) in [5.41, 5.74) is 0. The summed E-state index contributed by atoms with van der Waals surface area (Å²) in [6.45, 7) is 3.29. The Morgan fingerprint density at radius 1 is 1.36 bits per heavy atom. The van der Waals surface area contributed by atoms with Gasteiger partial charge in [0.05, 0.1) is 12.8 Å². The Balaban J connectivity index is 1.66. The molecule has 2 heterocycles. The van der Waals surface area contributed by atoms with Crippen molar-refractivity contribution in [2.24, 2.45) is 0 Å². The molecule has 0 spiro atoms. The summed E-state index contributed by atoms with van der Waals surface area (Å²) in [6, 6.07) is 5.61. The Morgan fingerprint density at radius 3 is 2.71 bits per heavy atom. The van der Waals surface area contributed by atoms with E-state index in [0.29, 0.717) is 0 Å². The number of hydrogen-bond donors (Lipinski definition) is 1. The minimum absolute atomic E-state index is 0.743. The van der Waals surface area contributed by atoms with Crippen molar-refractivity contribution in [2.45, 2.75) is 31.5 Å². The van der Waals surface area contributed by atoms with Crippen molar-refractivity contribution >= 4 is 0 Å². The van der Waals surface area contributed by atoms with E-state index in [0.717, 1.165) is 37.5 Å². The summed E-state index contributed by atoms with van der Waals surface area (Å²) < 4.78 is 5.40. The Labute approximate surface area is 84.1 Å². The van der Waals surface area contributed by atoms with Gasteiger partial charge in [-0.15, -0.1) is 0 Å². The first-order valence-electron chi connectivity index (χ1n) is 5.42. The fraction of sp³-hybridized carbons (Fsp3) is 0.636. The molecule has 3 rings (SSSR count). The molecule has 0 bridgehead atoms. The molecule has 1 aliphatic heterocycles. The van der Waals surface area contributed by atoms with Gasteiger partial charge in [0.2, 0.25) is 0 Å². The molecule has 3 nitrogen and oxygen atoms in total. The molecule has 0 radical (unpaired) electrons. The van der Waals surface area contributed by atoms with Crippen molar-refractivity contribution in [3.8, 4) is 0 Å². The maximum atomic E-state index is 5.40. The molecular weight excluding hydrogens is 176 g/mol. The minimum atomic E-state index is 0.743. The minimum Gasteiger partial charge on any atom is -0.468 e. The van der Waals surface area contributed by atoms with Crippen molar-refractivity contribution < 1.29 is 4.42 Å². The quantitative estimate of drug-likeness (QED) is 0.777. The SMILES string of the molecule is c1coc(CN(C2CC2)C2CNC2)c1. The van der Waals surface area contributed by atoms with E-state index in [4.69, 9.17) is 4.42 Å². The summed E-state index contributed by atoms with van der Waals surface area (Å²) in [4.78, 5) is 2.59. The van der Waals surface area contributed by atoms with Gasteiger partial charge in [-0.25, -0.2) is 0 Å². The van der Waals surface area contributed by atoms with Gasteiger partial charge in [0.15, 0.2) is 0 Å². The summed E-state index contributed by atoms with van der Waals surface area (Å²) in [5, 5.41) is 3.33. The molecule has 0 amide bonds. The Bertz CT molecular complexity index is 288. The van der Waals surface area contributed by atoms with Crippen LogP contribution in [0.1, 0.15) is 18.6 Å². The van der Waals surface area contributed by atoms with Crippen LogP contribution in [0.5, 0.6) is 0 Å². The van der Waals surface area contributed by atoms with E-state index < -0.39 is 0 Å². The molecule has 0 atom stereocenters. The van der Waals surface area contributed by atoms with E-state index in [1.807, 2.05) is 6.07 Å². The molecule has 1 N–H and O–H groups in total. The van der Waals surface area contributed by atoms with Crippen LogP contribution in [0.2, 0.25) is 0 Å². The third kappa shape index (κ3) is 1.57. The van der Waals surface area contributed by atoms with Crippen LogP contribution in [0, 0.1) is 0 Å². The lowest BCUT2D eigenvalue weighted by Gasteiger charge is -2.38. The number of furan rings is 1. The highest BCUT2D eigenvalue weighted by molar-refractivity contribution is 5.02. The zero-order chi connectivity index (χ0) is 9.38. The van der Waals surface area contributed by atoms with E-state index in [-0.39, 0.29) is 0 Å². The molecule has 1 saturated carbocycles. The van der Waals surface area contributed by atoms with Crippen LogP contribution in [0.15, 0.2) is 22.8 Å². The second-order valence-corrected chi connectivity index (χ2v) is 4.29. The third-order valence-electron chi connectivity index (χ3n) is 3.16. The van der Waals surface area contributed by atoms with Crippen LogP contribution in [-0.2, 0) is 6.54 Å². The first-order chi connectivity index (χ1) is 6.93. The van der Waals surface area contributed by atoms with Gasteiger partial charge in [-0.1, -0.05) is 0 Å². The lowest BCUT2D eigenvalue weighted by Crippen LogP contribution is -2.57. The molecule has 2 aliphatic rings. The monoisotopic (exact) mass is 192 g/mol. The van der Waals surface area contributed by atoms with E-state index in [1.165, 1.54) is 12.8 Å². The van der Waals surface area contributed by atoms with Gasteiger partial charge < -0.3 is 9.73 Å². The Hall–Kier alpha value is -0.800. The highest BCUT2D eigenvalue weighted by Gasteiger charge is 2.36. The molecule has 3 heteroatoms. The fourth-order valence-corrected chi connectivity index (χ4v) is 2.05. The number of rotatable bonds is 4. The standard InChI is InChI=1S/C11H16N2O/c1-2-11(14-5-1)8-13(9-3-4-9)10-6-12-7-10/h1-2,5,9-10,12H,3-4,6-8H2. The van der Waals surface area contributed by atoms with Gasteiger partial charge in [0.25, 0.3) is 0 Å². The molecule has 1 aromatic rings. The first-order valence-corrected chi connectivity index (χ1v) is 5.42. The maximum Gasteiger partial charge on any atom is 0.117 e. The maximum absolute atomic E-state index is 5.40. The number of nitrogens with zero attached hydrogens (tertiary/aromatic N) is 1. The Morgan fingerprint density at radius 2 is 2.21 bits per heavy atom. The number of hydrogen-bond acceptors (Lipinski definition) is 3. The summed E-state index contributed by atoms with van der Waals surface area (Å²) in [5.74, 6) is 1.10. The zero-order valence-corrected chi connectivity index (χ0v) is 8.28. The smallest absolute Gasteiger partial charge is 0.117 e. The van der Waals surface area contributed by atoms with Crippen molar-refractivity contribution in [3.63, 3.8) is 0 Å². The third-order valence-corrected chi connectivity index (χ3v) is 3.16. The average molecular weight is 192 g/mol. The summed E-state index contributed by atoms with van der Waals surface area (Å²) >= 11 is 0. The van der Waals surface area contributed by atoms with Gasteiger partial charge in [0, 0.05) is 25.2 Å². The van der Waals surface area contributed by atoms with Crippen LogP contribution in [0.4, 0.5) is 0 Å². The average Bonchev–Trinajstić information content (AvgIpc) is 2.82. The van der Waals surface area contributed by atoms with E-state index >= 15 is 0 Å². The van der Waals surface area contributed by atoms with Crippen LogP contribution < -0.4 is 5.32 Å². The molecule has 1 aliphatic carbocycles. The lowest BCUT2D eigenvalue weighted by molar-refractivity contribution is 0.119. The van der Waals surface area contributed by atoms with Gasteiger partial charge in [-0.05, 0) is 25.0 Å². The predicted octanol–water partition coefficient (Wildman–Crippen LogP) is 1.22. The second kappa shape index (κ2) is 3.41. The van der Waals surface area contributed by atoms with Gasteiger partial charge >= 0.3 is 0 Å². The first kappa shape index (κ1) is 8.50. The molecule has 1 aromatic heterocycles. The highest BCUT2D eigenvalue weighted by atomic mass is 16.3. The molecule has 2 fully saturated rings. The normalized spacial score (nSPS) is 22.6. The topological polar surface area (TPSA) is 28.4 Å². The fourth-order valence-electron chi connectivity index (χ4n) is 2.05. The zero-order valence-electron chi connectivity index (χ0n) is 8.28. The highest BCUT2D eigenvalue weighted by Crippen LogP contribution is 2.31. The number of nitrogens with one attached hydrogen (secondary N) is 1.